The van der Waals surface area contributed by atoms with Crippen molar-refractivity contribution < 1.29 is 14.7 Å². The van der Waals surface area contributed by atoms with Crippen LogP contribution in [0.5, 0.6) is 11.5 Å². The highest BCUT2D eigenvalue weighted by molar-refractivity contribution is 6.02. The van der Waals surface area contributed by atoms with E-state index >= 15 is 0 Å². The molecule has 2 rings (SSSR count). The summed E-state index contributed by atoms with van der Waals surface area (Å²) in [5.74, 6) is 1.68. The molecular formula is C15H21NO3. The molecule has 1 aliphatic heterocycles. The Morgan fingerprint density at radius 3 is 2.95 bits per heavy atom. The number of ether oxygens (including phenoxy) is 2. The van der Waals surface area contributed by atoms with Gasteiger partial charge in [0.05, 0.1) is 18.9 Å². The van der Waals surface area contributed by atoms with Gasteiger partial charge < -0.3 is 14.7 Å². The maximum Gasteiger partial charge on any atom is 0.129 e. The minimum Gasteiger partial charge on any atom is -0.493 e. The molecule has 4 nitrogen and oxygen atoms in total. The zero-order valence-electron chi connectivity index (χ0n) is 11.6. The fourth-order valence-electron chi connectivity index (χ4n) is 2.25. The van der Waals surface area contributed by atoms with Gasteiger partial charge in [0.2, 0.25) is 0 Å². The van der Waals surface area contributed by atoms with Crippen LogP contribution >= 0.6 is 0 Å². The zero-order chi connectivity index (χ0) is 13.7. The molecule has 19 heavy (non-hydrogen) atoms. The summed E-state index contributed by atoms with van der Waals surface area (Å²) < 4.78 is 11.5. The second kappa shape index (κ2) is 6.45. The van der Waals surface area contributed by atoms with Gasteiger partial charge in [0.1, 0.15) is 11.5 Å². The van der Waals surface area contributed by atoms with Crippen molar-refractivity contribution in [2.24, 2.45) is 5.16 Å². The standard InChI is InChI=1S/C15H21NO3/c1-3-7-18-15-9-11-6-5-8-19-14(11)10-12(15)13(4-2)16-17/h9-10,17H,3-8H2,1-2H3. The van der Waals surface area contributed by atoms with E-state index in [0.717, 1.165) is 42.9 Å². The van der Waals surface area contributed by atoms with Crippen LogP contribution in [0.15, 0.2) is 17.3 Å². The number of benzene rings is 1. The van der Waals surface area contributed by atoms with Gasteiger partial charge in [0.15, 0.2) is 0 Å². The van der Waals surface area contributed by atoms with Gasteiger partial charge in [0.25, 0.3) is 0 Å². The number of hydrogen-bond donors (Lipinski definition) is 1. The van der Waals surface area contributed by atoms with Crippen molar-refractivity contribution in [1.82, 2.24) is 0 Å². The molecule has 0 aromatic heterocycles. The monoisotopic (exact) mass is 263 g/mol. The van der Waals surface area contributed by atoms with Crippen LogP contribution in [0.3, 0.4) is 0 Å². The van der Waals surface area contributed by atoms with E-state index in [2.05, 4.69) is 12.1 Å². The van der Waals surface area contributed by atoms with Crippen LogP contribution in [0.1, 0.15) is 44.2 Å². The Hall–Kier alpha value is -1.71. The molecule has 0 unspecified atom stereocenters. The van der Waals surface area contributed by atoms with Crippen LogP contribution in [0.25, 0.3) is 0 Å². The topological polar surface area (TPSA) is 51.0 Å². The van der Waals surface area contributed by atoms with E-state index in [9.17, 15) is 0 Å². The van der Waals surface area contributed by atoms with Crippen molar-refractivity contribution in [2.45, 2.75) is 39.5 Å². The van der Waals surface area contributed by atoms with Crippen LogP contribution in [0.4, 0.5) is 0 Å². The molecule has 0 amide bonds. The summed E-state index contributed by atoms with van der Waals surface area (Å²) >= 11 is 0. The smallest absolute Gasteiger partial charge is 0.129 e. The van der Waals surface area contributed by atoms with Crippen LogP contribution in [-0.4, -0.2) is 24.1 Å². The third kappa shape index (κ3) is 3.00. The van der Waals surface area contributed by atoms with E-state index in [1.54, 1.807) is 0 Å². The lowest BCUT2D eigenvalue weighted by Crippen LogP contribution is -2.12. The van der Waals surface area contributed by atoms with E-state index in [4.69, 9.17) is 14.7 Å². The van der Waals surface area contributed by atoms with Crippen molar-refractivity contribution in [2.75, 3.05) is 13.2 Å². The molecule has 0 saturated heterocycles. The number of rotatable bonds is 5. The molecule has 0 atom stereocenters. The first-order chi connectivity index (χ1) is 9.30. The SMILES string of the molecule is CCCOc1cc2c(cc1C(CC)=NO)OCCC2. The quantitative estimate of drug-likeness (QED) is 0.503. The summed E-state index contributed by atoms with van der Waals surface area (Å²) in [5, 5.41) is 12.5. The first-order valence-corrected chi connectivity index (χ1v) is 6.94. The van der Waals surface area contributed by atoms with Crippen molar-refractivity contribution >= 4 is 5.71 Å². The maximum absolute atomic E-state index is 9.12. The summed E-state index contributed by atoms with van der Waals surface area (Å²) in [6, 6.07) is 3.97. The van der Waals surface area contributed by atoms with Crippen molar-refractivity contribution in [3.8, 4) is 11.5 Å². The number of hydrogen-bond acceptors (Lipinski definition) is 4. The third-order valence-corrected chi connectivity index (χ3v) is 3.24. The van der Waals surface area contributed by atoms with Crippen molar-refractivity contribution in [1.29, 1.82) is 0 Å². The predicted octanol–water partition coefficient (Wildman–Crippen LogP) is 3.39. The Kier molecular flexibility index (Phi) is 4.66. The molecule has 0 radical (unpaired) electrons. The molecule has 1 aromatic carbocycles. The predicted molar refractivity (Wildman–Crippen MR) is 74.7 cm³/mol. The molecule has 0 spiro atoms. The molecule has 0 bridgehead atoms. The number of aryl methyl sites for hydroxylation is 1. The number of fused-ring (bicyclic) bond motifs is 1. The summed E-state index contributed by atoms with van der Waals surface area (Å²) in [6.07, 6.45) is 3.65. The molecule has 1 aromatic rings. The molecule has 4 heteroatoms. The number of oxime groups is 1. The Morgan fingerprint density at radius 2 is 2.26 bits per heavy atom. The molecule has 1 heterocycles. The zero-order valence-corrected chi connectivity index (χ0v) is 11.6. The Balaban J connectivity index is 2.42. The average molecular weight is 263 g/mol. The maximum atomic E-state index is 9.12. The second-order valence-corrected chi connectivity index (χ2v) is 4.66. The fraction of sp³-hybridized carbons (Fsp3) is 0.533. The van der Waals surface area contributed by atoms with Gasteiger partial charge in [-0.15, -0.1) is 0 Å². The highest BCUT2D eigenvalue weighted by Gasteiger charge is 2.18. The fourth-order valence-corrected chi connectivity index (χ4v) is 2.25. The van der Waals surface area contributed by atoms with Gasteiger partial charge in [-0.05, 0) is 43.4 Å². The molecule has 0 fully saturated rings. The van der Waals surface area contributed by atoms with Crippen molar-refractivity contribution in [3.63, 3.8) is 0 Å². The minimum atomic E-state index is 0.628. The molecule has 104 valence electrons. The molecule has 0 saturated carbocycles. The minimum absolute atomic E-state index is 0.628. The van der Waals surface area contributed by atoms with Crippen LogP contribution in [-0.2, 0) is 6.42 Å². The van der Waals surface area contributed by atoms with E-state index in [1.807, 2.05) is 19.1 Å². The lowest BCUT2D eigenvalue weighted by atomic mass is 9.99. The molecular weight excluding hydrogens is 242 g/mol. The Labute approximate surface area is 114 Å². The molecule has 1 N–H and O–H groups in total. The van der Waals surface area contributed by atoms with E-state index in [1.165, 1.54) is 5.56 Å². The van der Waals surface area contributed by atoms with Gasteiger partial charge in [-0.2, -0.15) is 0 Å². The van der Waals surface area contributed by atoms with Gasteiger partial charge in [0, 0.05) is 5.56 Å². The lowest BCUT2D eigenvalue weighted by Gasteiger charge is -2.20. The molecule has 1 aliphatic rings. The normalized spacial score (nSPS) is 14.7. The van der Waals surface area contributed by atoms with Crippen LogP contribution < -0.4 is 9.47 Å². The average Bonchev–Trinajstić information content (AvgIpc) is 2.46. The van der Waals surface area contributed by atoms with E-state index < -0.39 is 0 Å². The highest BCUT2D eigenvalue weighted by atomic mass is 16.5. The van der Waals surface area contributed by atoms with Crippen LogP contribution in [0, 0.1) is 0 Å². The Bertz CT molecular complexity index is 469. The summed E-state index contributed by atoms with van der Waals surface area (Å²) in [5.41, 5.74) is 2.64. The van der Waals surface area contributed by atoms with Crippen LogP contribution in [0.2, 0.25) is 0 Å². The lowest BCUT2D eigenvalue weighted by molar-refractivity contribution is 0.283. The van der Waals surface area contributed by atoms with E-state index in [0.29, 0.717) is 18.7 Å². The molecule has 0 aliphatic carbocycles. The van der Waals surface area contributed by atoms with Gasteiger partial charge in [-0.1, -0.05) is 19.0 Å². The van der Waals surface area contributed by atoms with E-state index in [-0.39, 0.29) is 0 Å². The van der Waals surface area contributed by atoms with Crippen molar-refractivity contribution in [3.05, 3.63) is 23.3 Å². The largest absolute Gasteiger partial charge is 0.493 e. The van der Waals surface area contributed by atoms with Gasteiger partial charge in [-0.3, -0.25) is 0 Å². The summed E-state index contributed by atoms with van der Waals surface area (Å²) in [4.78, 5) is 0. The Morgan fingerprint density at radius 1 is 1.42 bits per heavy atom. The summed E-state index contributed by atoms with van der Waals surface area (Å²) in [6.45, 7) is 5.44. The first-order valence-electron chi connectivity index (χ1n) is 6.94. The van der Waals surface area contributed by atoms with Gasteiger partial charge >= 0.3 is 0 Å². The highest BCUT2D eigenvalue weighted by Crippen LogP contribution is 2.33. The van der Waals surface area contributed by atoms with Gasteiger partial charge in [-0.25, -0.2) is 0 Å². The second-order valence-electron chi connectivity index (χ2n) is 4.66. The number of nitrogens with zero attached hydrogens (tertiary/aromatic N) is 1. The third-order valence-electron chi connectivity index (χ3n) is 3.24. The summed E-state index contributed by atoms with van der Waals surface area (Å²) in [7, 11) is 0. The first kappa shape index (κ1) is 13.7.